The maximum Gasteiger partial charge on any atom is 0.103 e. The average Bonchev–Trinajstić information content (AvgIpc) is 2.39. The molecule has 0 amide bonds. The van der Waals surface area contributed by atoms with Crippen molar-refractivity contribution in [3.63, 3.8) is 0 Å². The van der Waals surface area contributed by atoms with Crippen molar-refractivity contribution < 1.29 is 4.39 Å². The van der Waals surface area contributed by atoms with E-state index in [0.717, 1.165) is 31.0 Å². The second-order valence-electron chi connectivity index (χ2n) is 6.26. The fourth-order valence-electron chi connectivity index (χ4n) is 2.63. The van der Waals surface area contributed by atoms with Crippen molar-refractivity contribution >= 4 is 5.69 Å². The zero-order valence-corrected chi connectivity index (χ0v) is 13.1. The number of nitrogens with zero attached hydrogens (tertiary/aromatic N) is 3. The van der Waals surface area contributed by atoms with Crippen LogP contribution >= 0.6 is 0 Å². The molecule has 0 saturated carbocycles. The van der Waals surface area contributed by atoms with Crippen LogP contribution in [-0.2, 0) is 6.54 Å². The third-order valence-corrected chi connectivity index (χ3v) is 3.79. The van der Waals surface area contributed by atoms with Gasteiger partial charge in [-0.05, 0) is 45.0 Å². The van der Waals surface area contributed by atoms with Gasteiger partial charge < -0.3 is 9.80 Å². The molecule has 2 heterocycles. The summed E-state index contributed by atoms with van der Waals surface area (Å²) in [5, 5.41) is 0. The van der Waals surface area contributed by atoms with Crippen LogP contribution in [0.1, 0.15) is 44.0 Å². The molecule has 0 aromatic carbocycles. The van der Waals surface area contributed by atoms with Crippen LogP contribution in [0.4, 0.5) is 10.1 Å². The largest absolute Gasteiger partial charge is 0.370 e. The van der Waals surface area contributed by atoms with Crippen molar-refractivity contribution in [3.05, 3.63) is 23.5 Å². The van der Waals surface area contributed by atoms with Gasteiger partial charge in [0.15, 0.2) is 0 Å². The maximum atomic E-state index is 13.3. The van der Waals surface area contributed by atoms with Gasteiger partial charge in [-0.15, -0.1) is 0 Å². The van der Waals surface area contributed by atoms with Crippen molar-refractivity contribution in [2.45, 2.75) is 45.3 Å². The Bertz CT molecular complexity index is 437. The van der Waals surface area contributed by atoms with Gasteiger partial charge in [-0.25, -0.2) is 4.39 Å². The van der Waals surface area contributed by atoms with Crippen LogP contribution in [0.3, 0.4) is 0 Å². The number of hydrogen-bond acceptors (Lipinski definition) is 3. The van der Waals surface area contributed by atoms with E-state index in [9.17, 15) is 4.39 Å². The van der Waals surface area contributed by atoms with Gasteiger partial charge in [0.25, 0.3) is 0 Å². The van der Waals surface area contributed by atoms with Crippen molar-refractivity contribution in [1.82, 2.24) is 9.88 Å². The van der Waals surface area contributed by atoms with Gasteiger partial charge in [0, 0.05) is 25.3 Å². The Balaban J connectivity index is 2.26. The third kappa shape index (κ3) is 3.69. The second kappa shape index (κ2) is 6.53. The first-order chi connectivity index (χ1) is 9.47. The second-order valence-corrected chi connectivity index (χ2v) is 6.26. The van der Waals surface area contributed by atoms with Crippen LogP contribution in [0.5, 0.6) is 0 Å². The predicted molar refractivity (Wildman–Crippen MR) is 82.1 cm³/mol. The molecule has 1 aromatic rings. The molecular formula is C16H26FN3. The van der Waals surface area contributed by atoms with Crippen LogP contribution in [0.2, 0.25) is 0 Å². The minimum atomic E-state index is -0.633. The lowest BCUT2D eigenvalue weighted by atomic mass is 10.1. The number of piperidine rings is 1. The Hall–Kier alpha value is -1.16. The summed E-state index contributed by atoms with van der Waals surface area (Å²) >= 11 is 0. The molecule has 1 aliphatic heterocycles. The summed E-state index contributed by atoms with van der Waals surface area (Å²) in [7, 11) is 4.11. The van der Waals surface area contributed by atoms with Gasteiger partial charge in [-0.2, -0.15) is 0 Å². The zero-order chi connectivity index (χ0) is 14.7. The molecular weight excluding hydrogens is 253 g/mol. The fourth-order valence-corrected chi connectivity index (χ4v) is 2.63. The Morgan fingerprint density at radius 2 is 1.95 bits per heavy atom. The first-order valence-corrected chi connectivity index (χ1v) is 7.51. The normalized spacial score (nSPS) is 17.2. The summed E-state index contributed by atoms with van der Waals surface area (Å²) in [5.41, 5.74) is 3.42. The number of pyridine rings is 1. The van der Waals surface area contributed by atoms with Gasteiger partial charge >= 0.3 is 0 Å². The standard InChI is InChI=1S/C16H26FN3/c1-12(2)14-5-6-16(15(18-14)11-19(3)4)20-9-7-13(17)8-10-20/h5-6,12-13H,7-11H2,1-4H3. The molecule has 1 saturated heterocycles. The highest BCUT2D eigenvalue weighted by Gasteiger charge is 2.21. The van der Waals surface area contributed by atoms with Crippen LogP contribution in [0.15, 0.2) is 12.1 Å². The summed E-state index contributed by atoms with van der Waals surface area (Å²) < 4.78 is 13.3. The lowest BCUT2D eigenvalue weighted by molar-refractivity contribution is 0.276. The summed E-state index contributed by atoms with van der Waals surface area (Å²) in [6.07, 6.45) is 0.632. The lowest BCUT2D eigenvalue weighted by Crippen LogP contribution is -2.35. The molecule has 4 heteroatoms. The third-order valence-electron chi connectivity index (χ3n) is 3.79. The lowest BCUT2D eigenvalue weighted by Gasteiger charge is -2.32. The quantitative estimate of drug-likeness (QED) is 0.843. The molecule has 1 fully saturated rings. The molecule has 0 aliphatic carbocycles. The van der Waals surface area contributed by atoms with Gasteiger partial charge in [-0.3, -0.25) is 4.98 Å². The van der Waals surface area contributed by atoms with E-state index < -0.39 is 6.17 Å². The van der Waals surface area contributed by atoms with Crippen molar-refractivity contribution in [2.75, 3.05) is 32.1 Å². The highest BCUT2D eigenvalue weighted by Crippen LogP contribution is 2.26. The molecule has 20 heavy (non-hydrogen) atoms. The van der Waals surface area contributed by atoms with Gasteiger partial charge in [0.1, 0.15) is 6.17 Å². The Morgan fingerprint density at radius 1 is 1.30 bits per heavy atom. The number of aromatic nitrogens is 1. The number of alkyl halides is 1. The average molecular weight is 279 g/mol. The van der Waals surface area contributed by atoms with E-state index in [2.05, 4.69) is 49.9 Å². The molecule has 0 N–H and O–H groups in total. The summed E-state index contributed by atoms with van der Waals surface area (Å²) in [5.74, 6) is 0.432. The van der Waals surface area contributed by atoms with Gasteiger partial charge in [-0.1, -0.05) is 13.8 Å². The monoisotopic (exact) mass is 279 g/mol. The molecule has 2 rings (SSSR count). The van der Waals surface area contributed by atoms with Crippen LogP contribution in [-0.4, -0.2) is 43.2 Å². The van der Waals surface area contributed by atoms with Crippen LogP contribution in [0, 0.1) is 0 Å². The highest BCUT2D eigenvalue weighted by molar-refractivity contribution is 5.52. The van der Waals surface area contributed by atoms with E-state index in [1.807, 2.05) is 0 Å². The van der Waals surface area contributed by atoms with E-state index in [4.69, 9.17) is 4.98 Å². The van der Waals surface area contributed by atoms with Gasteiger partial charge in [0.05, 0.1) is 11.4 Å². The Labute approximate surface area is 121 Å². The maximum absolute atomic E-state index is 13.3. The minimum absolute atomic E-state index is 0.432. The van der Waals surface area contributed by atoms with Crippen molar-refractivity contribution in [2.24, 2.45) is 0 Å². The molecule has 1 aromatic heterocycles. The molecule has 112 valence electrons. The Kier molecular flexibility index (Phi) is 4.97. The summed E-state index contributed by atoms with van der Waals surface area (Å²) in [4.78, 5) is 9.25. The first kappa shape index (κ1) is 15.2. The van der Waals surface area contributed by atoms with E-state index in [0.29, 0.717) is 18.8 Å². The molecule has 0 spiro atoms. The molecule has 0 atom stereocenters. The number of hydrogen-bond donors (Lipinski definition) is 0. The zero-order valence-electron chi connectivity index (χ0n) is 13.1. The van der Waals surface area contributed by atoms with E-state index in [1.54, 1.807) is 0 Å². The number of anilines is 1. The van der Waals surface area contributed by atoms with Crippen molar-refractivity contribution in [1.29, 1.82) is 0 Å². The smallest absolute Gasteiger partial charge is 0.103 e. The minimum Gasteiger partial charge on any atom is -0.370 e. The Morgan fingerprint density at radius 3 is 2.50 bits per heavy atom. The van der Waals surface area contributed by atoms with E-state index in [1.165, 1.54) is 5.69 Å². The molecule has 0 radical (unpaired) electrons. The van der Waals surface area contributed by atoms with E-state index >= 15 is 0 Å². The number of halogens is 1. The molecule has 0 bridgehead atoms. The number of rotatable bonds is 4. The molecule has 1 aliphatic rings. The summed E-state index contributed by atoms with van der Waals surface area (Å²) in [6, 6.07) is 4.28. The topological polar surface area (TPSA) is 19.4 Å². The SMILES string of the molecule is CC(C)c1ccc(N2CCC(F)CC2)c(CN(C)C)n1. The highest BCUT2D eigenvalue weighted by atomic mass is 19.1. The van der Waals surface area contributed by atoms with Crippen molar-refractivity contribution in [3.8, 4) is 0 Å². The molecule has 0 unspecified atom stereocenters. The summed E-state index contributed by atoms with van der Waals surface area (Å²) in [6.45, 7) is 6.74. The predicted octanol–water partition coefficient (Wildman–Crippen LogP) is 3.20. The van der Waals surface area contributed by atoms with Crippen LogP contribution in [0.25, 0.3) is 0 Å². The van der Waals surface area contributed by atoms with E-state index in [-0.39, 0.29) is 0 Å². The van der Waals surface area contributed by atoms with Gasteiger partial charge in [0.2, 0.25) is 0 Å². The van der Waals surface area contributed by atoms with Crippen LogP contribution < -0.4 is 4.90 Å². The fraction of sp³-hybridized carbons (Fsp3) is 0.688. The first-order valence-electron chi connectivity index (χ1n) is 7.51. The molecule has 3 nitrogen and oxygen atoms in total.